The minimum atomic E-state index is -0.675. The maximum absolute atomic E-state index is 10.3. The molecule has 1 atom stereocenters. The minimum absolute atomic E-state index is 0.619. The van der Waals surface area contributed by atoms with Crippen molar-refractivity contribution in [3.05, 3.63) is 69.2 Å². The predicted molar refractivity (Wildman–Crippen MR) is 71.7 cm³/mol. The average Bonchev–Trinajstić information content (AvgIpc) is 2.28. The fourth-order valence-electron chi connectivity index (χ4n) is 1.80. The van der Waals surface area contributed by atoms with Crippen LogP contribution in [0.2, 0.25) is 10.0 Å². The number of benzene rings is 2. The lowest BCUT2D eigenvalue weighted by molar-refractivity contribution is 0.219. The molecule has 0 heterocycles. The highest BCUT2D eigenvalue weighted by atomic mass is 35.5. The van der Waals surface area contributed by atoms with Gasteiger partial charge in [-0.3, -0.25) is 0 Å². The van der Waals surface area contributed by atoms with Crippen molar-refractivity contribution in [1.82, 2.24) is 0 Å². The van der Waals surface area contributed by atoms with Gasteiger partial charge in [0.25, 0.3) is 0 Å². The summed E-state index contributed by atoms with van der Waals surface area (Å²) in [6.45, 7) is 1.93. The number of aliphatic hydroxyl groups is 1. The molecule has 0 fully saturated rings. The number of aryl methyl sites for hydroxylation is 1. The van der Waals surface area contributed by atoms with Crippen LogP contribution in [0.25, 0.3) is 0 Å². The molecule has 0 bridgehead atoms. The van der Waals surface area contributed by atoms with Gasteiger partial charge in [-0.1, -0.05) is 41.4 Å². The van der Waals surface area contributed by atoms with Gasteiger partial charge in [-0.15, -0.1) is 0 Å². The third-order valence-electron chi connectivity index (χ3n) is 2.69. The normalized spacial score (nSPS) is 12.5. The Morgan fingerprint density at radius 1 is 1.00 bits per heavy atom. The molecule has 0 aliphatic rings. The molecular formula is C14H12Cl2O. The molecule has 0 radical (unpaired) electrons. The Bertz CT molecular complexity index is 537. The van der Waals surface area contributed by atoms with Crippen molar-refractivity contribution < 1.29 is 5.11 Å². The molecule has 2 rings (SSSR count). The highest BCUT2D eigenvalue weighted by Crippen LogP contribution is 2.27. The molecule has 0 aromatic heterocycles. The largest absolute Gasteiger partial charge is 0.384 e. The monoisotopic (exact) mass is 266 g/mol. The van der Waals surface area contributed by atoms with Gasteiger partial charge in [0.05, 0.1) is 0 Å². The van der Waals surface area contributed by atoms with Crippen LogP contribution in [0.15, 0.2) is 42.5 Å². The fraction of sp³-hybridized carbons (Fsp3) is 0.143. The number of hydrogen-bond acceptors (Lipinski definition) is 1. The quantitative estimate of drug-likeness (QED) is 0.855. The summed E-state index contributed by atoms with van der Waals surface area (Å²) in [5.74, 6) is 0. The molecule has 0 saturated heterocycles. The number of rotatable bonds is 2. The maximum Gasteiger partial charge on any atom is 0.104 e. The first-order valence-electron chi connectivity index (χ1n) is 5.27. The van der Waals surface area contributed by atoms with E-state index in [1.807, 2.05) is 31.2 Å². The van der Waals surface area contributed by atoms with Crippen molar-refractivity contribution in [3.8, 4) is 0 Å². The lowest BCUT2D eigenvalue weighted by Crippen LogP contribution is -2.01. The van der Waals surface area contributed by atoms with E-state index in [-0.39, 0.29) is 0 Å². The molecular weight excluding hydrogens is 255 g/mol. The minimum Gasteiger partial charge on any atom is -0.384 e. The molecule has 0 spiro atoms. The van der Waals surface area contributed by atoms with E-state index in [1.54, 1.807) is 18.2 Å². The Hall–Kier alpha value is -1.02. The SMILES string of the molecule is Cc1cc(Cl)ccc1C(O)c1cccc(Cl)c1. The molecule has 0 amide bonds. The molecule has 1 N–H and O–H groups in total. The topological polar surface area (TPSA) is 20.2 Å². The lowest BCUT2D eigenvalue weighted by Gasteiger charge is -2.14. The van der Waals surface area contributed by atoms with Crippen molar-refractivity contribution in [2.75, 3.05) is 0 Å². The molecule has 2 aromatic carbocycles. The van der Waals surface area contributed by atoms with Crippen LogP contribution in [0.3, 0.4) is 0 Å². The van der Waals surface area contributed by atoms with Gasteiger partial charge in [-0.2, -0.15) is 0 Å². The van der Waals surface area contributed by atoms with Gasteiger partial charge >= 0.3 is 0 Å². The second kappa shape index (κ2) is 5.09. The van der Waals surface area contributed by atoms with E-state index in [0.717, 1.165) is 16.7 Å². The summed E-state index contributed by atoms with van der Waals surface area (Å²) in [4.78, 5) is 0. The van der Waals surface area contributed by atoms with E-state index in [2.05, 4.69) is 0 Å². The summed E-state index contributed by atoms with van der Waals surface area (Å²) < 4.78 is 0. The van der Waals surface area contributed by atoms with Crippen LogP contribution in [-0.2, 0) is 0 Å². The summed E-state index contributed by atoms with van der Waals surface area (Å²) in [6, 6.07) is 12.7. The summed E-state index contributed by atoms with van der Waals surface area (Å²) >= 11 is 11.8. The molecule has 17 heavy (non-hydrogen) atoms. The standard InChI is InChI=1S/C14H12Cl2O/c1-9-7-12(16)5-6-13(9)14(17)10-3-2-4-11(15)8-10/h2-8,14,17H,1H3. The van der Waals surface area contributed by atoms with Crippen molar-refractivity contribution >= 4 is 23.2 Å². The first-order chi connectivity index (χ1) is 8.08. The Balaban J connectivity index is 2.40. The summed E-state index contributed by atoms with van der Waals surface area (Å²) in [5, 5.41) is 11.6. The molecule has 1 nitrogen and oxygen atoms in total. The van der Waals surface area contributed by atoms with Crippen LogP contribution in [0, 0.1) is 6.92 Å². The van der Waals surface area contributed by atoms with Crippen LogP contribution < -0.4 is 0 Å². The van der Waals surface area contributed by atoms with Crippen LogP contribution in [0.5, 0.6) is 0 Å². The molecule has 0 aliphatic heterocycles. The third-order valence-corrected chi connectivity index (χ3v) is 3.16. The zero-order valence-electron chi connectivity index (χ0n) is 9.32. The molecule has 2 aromatic rings. The highest BCUT2D eigenvalue weighted by molar-refractivity contribution is 6.31. The van der Waals surface area contributed by atoms with E-state index >= 15 is 0 Å². The number of hydrogen-bond donors (Lipinski definition) is 1. The Kier molecular flexibility index (Phi) is 3.72. The van der Waals surface area contributed by atoms with Crippen molar-refractivity contribution in [1.29, 1.82) is 0 Å². The summed E-state index contributed by atoms with van der Waals surface area (Å²) in [5.41, 5.74) is 2.59. The van der Waals surface area contributed by atoms with Gasteiger partial charge in [0, 0.05) is 10.0 Å². The van der Waals surface area contributed by atoms with E-state index in [9.17, 15) is 5.11 Å². The molecule has 0 saturated carbocycles. The lowest BCUT2D eigenvalue weighted by atomic mass is 9.98. The Morgan fingerprint density at radius 2 is 1.71 bits per heavy atom. The Labute approximate surface area is 111 Å². The first kappa shape index (κ1) is 12.4. The maximum atomic E-state index is 10.3. The Morgan fingerprint density at radius 3 is 2.35 bits per heavy atom. The van der Waals surface area contributed by atoms with Crippen LogP contribution in [-0.4, -0.2) is 5.11 Å². The van der Waals surface area contributed by atoms with E-state index in [4.69, 9.17) is 23.2 Å². The van der Waals surface area contributed by atoms with Crippen molar-refractivity contribution in [3.63, 3.8) is 0 Å². The van der Waals surface area contributed by atoms with Gasteiger partial charge < -0.3 is 5.11 Å². The third kappa shape index (κ3) is 2.81. The molecule has 3 heteroatoms. The zero-order chi connectivity index (χ0) is 12.4. The second-order valence-electron chi connectivity index (χ2n) is 3.96. The summed E-state index contributed by atoms with van der Waals surface area (Å²) in [7, 11) is 0. The highest BCUT2D eigenvalue weighted by Gasteiger charge is 2.13. The van der Waals surface area contributed by atoms with Gasteiger partial charge in [0.2, 0.25) is 0 Å². The van der Waals surface area contributed by atoms with E-state index in [0.29, 0.717) is 10.0 Å². The average molecular weight is 267 g/mol. The van der Waals surface area contributed by atoms with Crippen molar-refractivity contribution in [2.24, 2.45) is 0 Å². The number of aliphatic hydroxyl groups excluding tert-OH is 1. The summed E-state index contributed by atoms with van der Waals surface area (Å²) in [6.07, 6.45) is -0.675. The number of halogens is 2. The fourth-order valence-corrected chi connectivity index (χ4v) is 2.23. The van der Waals surface area contributed by atoms with E-state index in [1.165, 1.54) is 0 Å². The van der Waals surface area contributed by atoms with E-state index < -0.39 is 6.10 Å². The van der Waals surface area contributed by atoms with Gasteiger partial charge in [-0.25, -0.2) is 0 Å². The molecule has 1 unspecified atom stereocenters. The van der Waals surface area contributed by atoms with Crippen LogP contribution in [0.4, 0.5) is 0 Å². The van der Waals surface area contributed by atoms with Crippen molar-refractivity contribution in [2.45, 2.75) is 13.0 Å². The van der Waals surface area contributed by atoms with Crippen LogP contribution >= 0.6 is 23.2 Å². The molecule has 0 aliphatic carbocycles. The predicted octanol–water partition coefficient (Wildman–Crippen LogP) is 4.38. The first-order valence-corrected chi connectivity index (χ1v) is 6.03. The zero-order valence-corrected chi connectivity index (χ0v) is 10.8. The smallest absolute Gasteiger partial charge is 0.104 e. The molecule has 88 valence electrons. The van der Waals surface area contributed by atoms with Gasteiger partial charge in [-0.05, 0) is 47.9 Å². The van der Waals surface area contributed by atoms with Gasteiger partial charge in [0.15, 0.2) is 0 Å². The van der Waals surface area contributed by atoms with Gasteiger partial charge in [0.1, 0.15) is 6.10 Å². The van der Waals surface area contributed by atoms with Crippen LogP contribution in [0.1, 0.15) is 22.8 Å². The second-order valence-corrected chi connectivity index (χ2v) is 4.83.